The summed E-state index contributed by atoms with van der Waals surface area (Å²) in [6.45, 7) is 7.89. The van der Waals surface area contributed by atoms with Gasteiger partial charge in [0, 0.05) is 24.5 Å². The lowest BCUT2D eigenvalue weighted by Crippen LogP contribution is -2.51. The smallest absolute Gasteiger partial charge is 0.375 e. The fourth-order valence-corrected chi connectivity index (χ4v) is 3.00. The fourth-order valence-electron chi connectivity index (χ4n) is 1.16. The minimum absolute atomic E-state index is 0.361. The fraction of sp³-hybridized carbons (Fsp3) is 0.615. The van der Waals surface area contributed by atoms with Gasteiger partial charge in [0.15, 0.2) is 0 Å². The number of nitrogens with zero attached hydrogens (tertiary/aromatic N) is 1. The van der Waals surface area contributed by atoms with E-state index in [1.165, 1.54) is 13.2 Å². The molecule has 0 saturated heterocycles. The number of hydroxylamine groups is 2. The van der Waals surface area contributed by atoms with Crippen molar-refractivity contribution in [3.8, 4) is 0 Å². The van der Waals surface area contributed by atoms with Gasteiger partial charge in [-0.25, -0.2) is 9.79 Å². The van der Waals surface area contributed by atoms with E-state index < -0.39 is 8.80 Å². The standard InChI is InChI=1S/C13H25N3O4Si/c1-6-12(3)15-19-21(18-5,10-8-9-14-11-17)20-16-13(4)7-2/h6-7,15-16H,8-10H2,1-5H3. The van der Waals surface area contributed by atoms with Gasteiger partial charge in [-0.1, -0.05) is 12.2 Å². The molecule has 0 heterocycles. The molecule has 0 aromatic rings. The third-order valence-corrected chi connectivity index (χ3v) is 5.14. The molecule has 8 heteroatoms. The highest BCUT2D eigenvalue weighted by Gasteiger charge is 2.42. The normalized spacial score (nSPS) is 15.1. The Bertz CT molecular complexity index is 384. The first-order chi connectivity index (χ1) is 10.0. The van der Waals surface area contributed by atoms with E-state index in [0.717, 1.165) is 11.4 Å². The van der Waals surface area contributed by atoms with Crippen LogP contribution in [0.25, 0.3) is 0 Å². The Morgan fingerprint density at radius 1 is 1.19 bits per heavy atom. The van der Waals surface area contributed by atoms with Gasteiger partial charge >= 0.3 is 8.80 Å². The summed E-state index contributed by atoms with van der Waals surface area (Å²) in [4.78, 5) is 13.6. The molecule has 7 nitrogen and oxygen atoms in total. The van der Waals surface area contributed by atoms with Crippen LogP contribution >= 0.6 is 0 Å². The lowest BCUT2D eigenvalue weighted by Gasteiger charge is -2.28. The van der Waals surface area contributed by atoms with Crippen molar-refractivity contribution < 1.29 is 18.3 Å². The predicted octanol–water partition coefficient (Wildman–Crippen LogP) is 2.19. The minimum Gasteiger partial charge on any atom is -0.375 e. The van der Waals surface area contributed by atoms with Crippen molar-refractivity contribution >= 4 is 14.9 Å². The molecule has 0 aliphatic rings. The monoisotopic (exact) mass is 315 g/mol. The number of hydrogen-bond acceptors (Lipinski definition) is 7. The van der Waals surface area contributed by atoms with Crippen molar-refractivity contribution in [2.45, 2.75) is 40.2 Å². The first-order valence-corrected chi connectivity index (χ1v) is 8.69. The number of isocyanates is 1. The second-order valence-electron chi connectivity index (χ2n) is 4.32. The predicted molar refractivity (Wildman–Crippen MR) is 82.5 cm³/mol. The maximum atomic E-state index is 10.1. The van der Waals surface area contributed by atoms with Crippen LogP contribution in [0.2, 0.25) is 6.04 Å². The maximum Gasteiger partial charge on any atom is 0.544 e. The molecule has 0 aliphatic heterocycles. The Hall–Kier alpha value is -1.44. The summed E-state index contributed by atoms with van der Waals surface area (Å²) in [5, 5.41) is 0. The molecule has 0 bridgehead atoms. The minimum atomic E-state index is -2.97. The second kappa shape index (κ2) is 11.2. The average Bonchev–Trinajstić information content (AvgIpc) is 2.52. The zero-order chi connectivity index (χ0) is 16.1. The summed E-state index contributed by atoms with van der Waals surface area (Å²) in [5.74, 6) is 0. The van der Waals surface area contributed by atoms with E-state index in [-0.39, 0.29) is 0 Å². The maximum absolute atomic E-state index is 10.1. The van der Waals surface area contributed by atoms with E-state index in [1.807, 2.05) is 39.8 Å². The van der Waals surface area contributed by atoms with E-state index in [9.17, 15) is 4.79 Å². The second-order valence-corrected chi connectivity index (χ2v) is 7.00. The number of aliphatic imine (C=N–C) groups is 1. The van der Waals surface area contributed by atoms with Crippen LogP contribution in [0.15, 0.2) is 28.5 Å². The molecule has 2 N–H and O–H groups in total. The zero-order valence-corrected chi connectivity index (χ0v) is 14.4. The molecule has 0 rings (SSSR count). The number of rotatable bonds is 11. The van der Waals surface area contributed by atoms with Crippen LogP contribution in [-0.4, -0.2) is 28.5 Å². The molecule has 0 aromatic heterocycles. The largest absolute Gasteiger partial charge is 0.544 e. The molecule has 0 atom stereocenters. The van der Waals surface area contributed by atoms with Gasteiger partial charge in [0.25, 0.3) is 0 Å². The summed E-state index contributed by atoms with van der Waals surface area (Å²) in [6.07, 6.45) is 5.85. The molecule has 21 heavy (non-hydrogen) atoms. The Kier molecular flexibility index (Phi) is 10.5. The molecular weight excluding hydrogens is 290 g/mol. The van der Waals surface area contributed by atoms with Crippen LogP contribution in [0, 0.1) is 0 Å². The summed E-state index contributed by atoms with van der Waals surface area (Å²) < 4.78 is 16.8. The van der Waals surface area contributed by atoms with Gasteiger partial charge in [-0.2, -0.15) is 0 Å². The van der Waals surface area contributed by atoms with Crippen LogP contribution < -0.4 is 11.0 Å². The van der Waals surface area contributed by atoms with Crippen molar-refractivity contribution in [2.24, 2.45) is 4.99 Å². The third-order valence-electron chi connectivity index (χ3n) is 2.73. The molecule has 0 aromatic carbocycles. The van der Waals surface area contributed by atoms with Crippen molar-refractivity contribution in [2.75, 3.05) is 13.7 Å². The van der Waals surface area contributed by atoms with Crippen molar-refractivity contribution in [3.63, 3.8) is 0 Å². The summed E-state index contributed by atoms with van der Waals surface area (Å²) >= 11 is 0. The summed E-state index contributed by atoms with van der Waals surface area (Å²) in [5.41, 5.74) is 7.32. The highest BCUT2D eigenvalue weighted by molar-refractivity contribution is 6.60. The van der Waals surface area contributed by atoms with E-state index in [4.69, 9.17) is 13.5 Å². The molecule has 0 aliphatic carbocycles. The van der Waals surface area contributed by atoms with Crippen molar-refractivity contribution in [1.82, 2.24) is 11.0 Å². The SMILES string of the molecule is CC=C(C)NO[Si](CCCN=C=O)(OC)ONC(C)=CC. The van der Waals surface area contributed by atoms with Crippen LogP contribution in [0.4, 0.5) is 0 Å². The molecular formula is C13H25N3O4Si. The number of carbonyl (C=O) groups excluding carboxylic acids is 1. The first-order valence-electron chi connectivity index (χ1n) is 6.76. The Morgan fingerprint density at radius 2 is 1.71 bits per heavy atom. The molecule has 0 radical (unpaired) electrons. The van der Waals surface area contributed by atoms with Crippen molar-refractivity contribution in [3.05, 3.63) is 23.5 Å². The van der Waals surface area contributed by atoms with Gasteiger partial charge in [0.05, 0.1) is 6.54 Å². The molecule has 120 valence electrons. The summed E-state index contributed by atoms with van der Waals surface area (Å²) in [7, 11) is -1.43. The topological polar surface area (TPSA) is 81.2 Å². The van der Waals surface area contributed by atoms with E-state index >= 15 is 0 Å². The van der Waals surface area contributed by atoms with Gasteiger partial charge < -0.3 is 4.43 Å². The number of hydrogen-bond donors (Lipinski definition) is 2. The molecule has 0 unspecified atom stereocenters. The van der Waals surface area contributed by atoms with Gasteiger partial charge in [-0.05, 0) is 34.1 Å². The molecule has 0 amide bonds. The van der Waals surface area contributed by atoms with Crippen LogP contribution in [0.1, 0.15) is 34.1 Å². The van der Waals surface area contributed by atoms with Crippen LogP contribution in [-0.2, 0) is 18.3 Å². The Labute approximate surface area is 127 Å². The number of nitrogens with one attached hydrogen (secondary N) is 2. The van der Waals surface area contributed by atoms with Gasteiger partial charge in [-0.3, -0.25) is 20.0 Å². The van der Waals surface area contributed by atoms with E-state index in [1.54, 1.807) is 0 Å². The Balaban J connectivity index is 4.76. The van der Waals surface area contributed by atoms with Crippen molar-refractivity contribution in [1.29, 1.82) is 0 Å². The van der Waals surface area contributed by atoms with E-state index in [0.29, 0.717) is 19.0 Å². The molecule has 0 fully saturated rings. The van der Waals surface area contributed by atoms with Crippen LogP contribution in [0.3, 0.4) is 0 Å². The van der Waals surface area contributed by atoms with Gasteiger partial charge in [0.1, 0.15) is 0 Å². The number of allylic oxidation sites excluding steroid dienone is 4. The Morgan fingerprint density at radius 3 is 2.10 bits per heavy atom. The highest BCUT2D eigenvalue weighted by atomic mass is 28.4. The van der Waals surface area contributed by atoms with Gasteiger partial charge in [0.2, 0.25) is 6.08 Å². The quantitative estimate of drug-likeness (QED) is 0.200. The average molecular weight is 315 g/mol. The van der Waals surface area contributed by atoms with Gasteiger partial charge in [-0.15, -0.1) is 0 Å². The third kappa shape index (κ3) is 8.44. The first kappa shape index (κ1) is 19.6. The molecule has 0 saturated carbocycles. The van der Waals surface area contributed by atoms with E-state index in [2.05, 4.69) is 16.0 Å². The lowest BCUT2D eigenvalue weighted by molar-refractivity contribution is 0.0172. The van der Waals surface area contributed by atoms with Crippen LogP contribution in [0.5, 0.6) is 0 Å². The summed E-state index contributed by atoms with van der Waals surface area (Å²) in [6, 6.07) is 0.503. The zero-order valence-electron chi connectivity index (χ0n) is 13.4. The highest BCUT2D eigenvalue weighted by Crippen LogP contribution is 2.16. The lowest BCUT2D eigenvalue weighted by atomic mass is 10.5. The molecule has 0 spiro atoms.